The zero-order chi connectivity index (χ0) is 17.1. The first-order valence-corrected chi connectivity index (χ1v) is 8.40. The number of nitrogens with zero attached hydrogens (tertiary/aromatic N) is 2. The molecule has 2 aromatic rings. The number of rotatable bonds is 5. The molecule has 0 spiro atoms. The summed E-state index contributed by atoms with van der Waals surface area (Å²) in [5.74, 6) is -1.25. The van der Waals surface area contributed by atoms with Crippen LogP contribution in [0, 0.1) is 5.92 Å². The molecule has 7 nitrogen and oxygen atoms in total. The van der Waals surface area contributed by atoms with Crippen LogP contribution in [0.25, 0.3) is 10.0 Å². The normalized spacial score (nSPS) is 12.3. The summed E-state index contributed by atoms with van der Waals surface area (Å²) >= 11 is 2.37. The molecule has 0 radical (unpaired) electrons. The Balaban J connectivity index is 2.46. The van der Waals surface area contributed by atoms with E-state index in [0.29, 0.717) is 14.9 Å². The summed E-state index contributed by atoms with van der Waals surface area (Å²) in [6.07, 6.45) is -0.838. The number of ether oxygens (including phenoxy) is 2. The number of aromatic nitrogens is 2. The Kier molecular flexibility index (Phi) is 5.45. The van der Waals surface area contributed by atoms with Crippen molar-refractivity contribution < 1.29 is 24.2 Å². The van der Waals surface area contributed by atoms with Crippen LogP contribution in [0.2, 0.25) is 0 Å². The summed E-state index contributed by atoms with van der Waals surface area (Å²) in [4.78, 5) is 32.2. The number of methoxy groups -OCH3 is 2. The highest BCUT2D eigenvalue weighted by atomic mass is 32.1. The predicted octanol–water partition coefficient (Wildman–Crippen LogP) is 2.53. The first-order valence-electron chi connectivity index (χ1n) is 6.70. The number of carbonyl (C=O) groups excluding carboxylic acids is 2. The second-order valence-electron chi connectivity index (χ2n) is 4.94. The molecule has 23 heavy (non-hydrogen) atoms. The highest BCUT2D eigenvalue weighted by molar-refractivity contribution is 7.21. The molecular weight excluding hydrogens is 340 g/mol. The van der Waals surface area contributed by atoms with E-state index in [9.17, 15) is 14.7 Å². The van der Waals surface area contributed by atoms with Gasteiger partial charge in [-0.05, 0) is 5.92 Å². The van der Waals surface area contributed by atoms with Gasteiger partial charge in [0.15, 0.2) is 21.4 Å². The molecule has 0 aromatic carbocycles. The monoisotopic (exact) mass is 356 g/mol. The van der Waals surface area contributed by atoms with Crippen molar-refractivity contribution in [2.75, 3.05) is 14.2 Å². The SMILES string of the molecule is COC(=O)c1csc(-c2nc(C(=O)OC)c(C(O)C(C)C)s2)n1. The minimum atomic E-state index is -0.838. The molecule has 2 aromatic heterocycles. The lowest BCUT2D eigenvalue weighted by Crippen LogP contribution is -2.11. The average molecular weight is 356 g/mol. The summed E-state index contributed by atoms with van der Waals surface area (Å²) in [7, 11) is 2.53. The van der Waals surface area contributed by atoms with E-state index in [-0.39, 0.29) is 17.3 Å². The average Bonchev–Trinajstić information content (AvgIpc) is 3.19. The van der Waals surface area contributed by atoms with Gasteiger partial charge in [0.25, 0.3) is 0 Å². The molecule has 0 aliphatic heterocycles. The maximum atomic E-state index is 11.9. The Morgan fingerprint density at radius 1 is 1.13 bits per heavy atom. The van der Waals surface area contributed by atoms with Crippen molar-refractivity contribution in [2.24, 2.45) is 5.92 Å². The summed E-state index contributed by atoms with van der Waals surface area (Å²) in [6.45, 7) is 3.67. The van der Waals surface area contributed by atoms with Crippen LogP contribution in [-0.4, -0.2) is 41.2 Å². The van der Waals surface area contributed by atoms with Crippen molar-refractivity contribution in [1.82, 2.24) is 9.97 Å². The molecule has 9 heteroatoms. The van der Waals surface area contributed by atoms with Crippen molar-refractivity contribution in [3.63, 3.8) is 0 Å². The van der Waals surface area contributed by atoms with E-state index >= 15 is 0 Å². The maximum Gasteiger partial charge on any atom is 0.357 e. The van der Waals surface area contributed by atoms with Crippen molar-refractivity contribution in [3.05, 3.63) is 21.6 Å². The van der Waals surface area contributed by atoms with Crippen LogP contribution >= 0.6 is 22.7 Å². The highest BCUT2D eigenvalue weighted by Crippen LogP contribution is 2.36. The summed E-state index contributed by atoms with van der Waals surface area (Å²) in [5, 5.41) is 12.8. The van der Waals surface area contributed by atoms with E-state index in [1.165, 1.54) is 25.6 Å². The Morgan fingerprint density at radius 2 is 1.78 bits per heavy atom. The largest absolute Gasteiger partial charge is 0.464 e. The van der Waals surface area contributed by atoms with Gasteiger partial charge in [0, 0.05) is 5.38 Å². The molecule has 0 amide bonds. The van der Waals surface area contributed by atoms with Crippen LogP contribution in [0.15, 0.2) is 5.38 Å². The van der Waals surface area contributed by atoms with Crippen LogP contribution in [-0.2, 0) is 9.47 Å². The predicted molar refractivity (Wildman–Crippen MR) is 85.7 cm³/mol. The van der Waals surface area contributed by atoms with Crippen LogP contribution in [0.1, 0.15) is 45.8 Å². The lowest BCUT2D eigenvalue weighted by atomic mass is 10.1. The van der Waals surface area contributed by atoms with Crippen LogP contribution in [0.3, 0.4) is 0 Å². The molecule has 0 bridgehead atoms. The number of carbonyl (C=O) groups is 2. The molecule has 0 aliphatic rings. The zero-order valence-electron chi connectivity index (χ0n) is 13.0. The second kappa shape index (κ2) is 7.16. The third-order valence-corrected chi connectivity index (χ3v) is 5.12. The van der Waals surface area contributed by atoms with Crippen molar-refractivity contribution >= 4 is 34.6 Å². The Hall–Kier alpha value is -1.84. The zero-order valence-corrected chi connectivity index (χ0v) is 14.7. The van der Waals surface area contributed by atoms with E-state index in [1.807, 2.05) is 13.8 Å². The number of aliphatic hydroxyl groups excluding tert-OH is 1. The Morgan fingerprint density at radius 3 is 2.35 bits per heavy atom. The third kappa shape index (κ3) is 3.57. The fourth-order valence-electron chi connectivity index (χ4n) is 1.74. The molecule has 0 aliphatic carbocycles. The van der Waals surface area contributed by atoms with E-state index in [4.69, 9.17) is 4.74 Å². The topological polar surface area (TPSA) is 98.6 Å². The number of hydrogen-bond donors (Lipinski definition) is 1. The molecule has 0 saturated heterocycles. The number of hydrogen-bond acceptors (Lipinski definition) is 9. The van der Waals surface area contributed by atoms with E-state index in [0.717, 1.165) is 11.3 Å². The maximum absolute atomic E-state index is 11.9. The van der Waals surface area contributed by atoms with Gasteiger partial charge in [-0.1, -0.05) is 13.8 Å². The lowest BCUT2D eigenvalue weighted by Gasteiger charge is -2.12. The molecular formula is C14H16N2O5S2. The van der Waals surface area contributed by atoms with Gasteiger partial charge in [-0.15, -0.1) is 22.7 Å². The summed E-state index contributed by atoms with van der Waals surface area (Å²) < 4.78 is 9.33. The van der Waals surface area contributed by atoms with Crippen molar-refractivity contribution in [1.29, 1.82) is 0 Å². The molecule has 2 heterocycles. The van der Waals surface area contributed by atoms with E-state index in [2.05, 4.69) is 14.7 Å². The van der Waals surface area contributed by atoms with E-state index in [1.54, 1.807) is 5.38 Å². The van der Waals surface area contributed by atoms with Crippen molar-refractivity contribution in [2.45, 2.75) is 20.0 Å². The smallest absolute Gasteiger partial charge is 0.357 e. The standard InChI is InChI=1S/C14H16N2O5S2/c1-6(2)9(17)10-8(14(19)21-4)16-12(23-10)11-15-7(5-22-11)13(18)20-3/h5-6,9,17H,1-4H3. The van der Waals surface area contributed by atoms with E-state index < -0.39 is 18.0 Å². The number of aliphatic hydroxyl groups is 1. The van der Waals surface area contributed by atoms with Crippen LogP contribution in [0.4, 0.5) is 0 Å². The first kappa shape index (κ1) is 17.5. The molecule has 1 unspecified atom stereocenters. The Bertz CT molecular complexity index is 723. The second-order valence-corrected chi connectivity index (χ2v) is 6.83. The minimum absolute atomic E-state index is 0.0727. The Labute approximate surface area is 140 Å². The van der Waals surface area contributed by atoms with Gasteiger partial charge in [-0.3, -0.25) is 0 Å². The molecule has 0 fully saturated rings. The molecule has 0 saturated carbocycles. The fourth-order valence-corrected chi connectivity index (χ4v) is 3.78. The molecule has 1 atom stereocenters. The summed E-state index contributed by atoms with van der Waals surface area (Å²) in [5.41, 5.74) is 0.247. The van der Waals surface area contributed by atoms with Gasteiger partial charge in [-0.25, -0.2) is 19.6 Å². The quantitative estimate of drug-likeness (QED) is 0.822. The van der Waals surface area contributed by atoms with Crippen LogP contribution < -0.4 is 0 Å². The van der Waals surface area contributed by atoms with Gasteiger partial charge in [0.1, 0.15) is 0 Å². The molecule has 124 valence electrons. The summed E-state index contributed by atoms with van der Waals surface area (Å²) in [6, 6.07) is 0. The fraction of sp³-hybridized carbons (Fsp3) is 0.429. The van der Waals surface area contributed by atoms with Crippen molar-refractivity contribution in [3.8, 4) is 10.0 Å². The molecule has 1 N–H and O–H groups in total. The number of thiazole rings is 2. The lowest BCUT2D eigenvalue weighted by molar-refractivity contribution is 0.0578. The van der Waals surface area contributed by atoms with Gasteiger partial charge in [-0.2, -0.15) is 0 Å². The highest BCUT2D eigenvalue weighted by Gasteiger charge is 2.27. The minimum Gasteiger partial charge on any atom is -0.464 e. The number of esters is 2. The third-order valence-electron chi connectivity index (χ3n) is 3.01. The van der Waals surface area contributed by atoms with Gasteiger partial charge in [0.2, 0.25) is 0 Å². The van der Waals surface area contributed by atoms with Gasteiger partial charge >= 0.3 is 11.9 Å². The van der Waals surface area contributed by atoms with Crippen LogP contribution in [0.5, 0.6) is 0 Å². The molecule has 2 rings (SSSR count). The van der Waals surface area contributed by atoms with Gasteiger partial charge in [0.05, 0.1) is 25.2 Å². The first-order chi connectivity index (χ1) is 10.9. The van der Waals surface area contributed by atoms with Gasteiger partial charge < -0.3 is 14.6 Å².